The molecule has 0 bridgehead atoms. The first-order chi connectivity index (χ1) is 11.1. The molecule has 1 aliphatic rings. The Morgan fingerprint density at radius 3 is 2.83 bits per heavy atom. The van der Waals surface area contributed by atoms with Crippen LogP contribution in [0.25, 0.3) is 6.08 Å². The van der Waals surface area contributed by atoms with Crippen LogP contribution in [0.15, 0.2) is 52.7 Å². The molecule has 2 aromatic rings. The molecule has 0 amide bonds. The number of hydrogen-bond donors (Lipinski definition) is 0. The molecule has 4 nitrogen and oxygen atoms in total. The summed E-state index contributed by atoms with van der Waals surface area (Å²) < 4.78 is 11.7. The van der Waals surface area contributed by atoms with Crippen molar-refractivity contribution in [3.63, 3.8) is 0 Å². The van der Waals surface area contributed by atoms with Crippen molar-refractivity contribution in [2.45, 2.75) is 13.3 Å². The summed E-state index contributed by atoms with van der Waals surface area (Å²) in [5.41, 5.74) is 1.32. The van der Waals surface area contributed by atoms with Crippen molar-refractivity contribution in [2.75, 3.05) is 0 Å². The van der Waals surface area contributed by atoms with Gasteiger partial charge in [-0.25, -0.2) is 0 Å². The zero-order valence-corrected chi connectivity index (χ0v) is 13.9. The van der Waals surface area contributed by atoms with Crippen LogP contribution >= 0.6 is 15.9 Å². The van der Waals surface area contributed by atoms with E-state index in [1.807, 2.05) is 24.3 Å². The Morgan fingerprint density at radius 1 is 1.26 bits per heavy atom. The van der Waals surface area contributed by atoms with Gasteiger partial charge in [-0.05, 0) is 35.9 Å². The highest BCUT2D eigenvalue weighted by Crippen LogP contribution is 2.35. The maximum absolute atomic E-state index is 12.4. The third-order valence-electron chi connectivity index (χ3n) is 3.31. The topological polar surface area (TPSA) is 52.6 Å². The molecule has 1 aliphatic heterocycles. The van der Waals surface area contributed by atoms with E-state index in [0.717, 1.165) is 10.0 Å². The number of benzene rings is 2. The molecule has 2 aromatic carbocycles. The molecule has 0 radical (unpaired) electrons. The second-order valence-electron chi connectivity index (χ2n) is 4.98. The molecule has 116 valence electrons. The van der Waals surface area contributed by atoms with Crippen LogP contribution in [0.2, 0.25) is 0 Å². The Balaban J connectivity index is 1.88. The van der Waals surface area contributed by atoms with E-state index in [1.165, 1.54) is 0 Å². The fraction of sp³-hybridized carbons (Fsp3) is 0.111. The first kappa shape index (κ1) is 15.5. The third kappa shape index (κ3) is 3.35. The molecule has 1 heterocycles. The second kappa shape index (κ2) is 6.38. The minimum atomic E-state index is -0.334. The number of fused-ring (bicyclic) bond motifs is 1. The van der Waals surface area contributed by atoms with Gasteiger partial charge in [-0.2, -0.15) is 0 Å². The lowest BCUT2D eigenvalue weighted by Crippen LogP contribution is -2.05. The molecule has 0 aromatic heterocycles. The maximum Gasteiger partial charge on any atom is 0.310 e. The van der Waals surface area contributed by atoms with Crippen LogP contribution in [0.3, 0.4) is 0 Å². The number of halogens is 1. The van der Waals surface area contributed by atoms with E-state index in [2.05, 4.69) is 15.9 Å². The summed E-state index contributed by atoms with van der Waals surface area (Å²) in [6.07, 6.45) is 1.97. The van der Waals surface area contributed by atoms with Crippen molar-refractivity contribution in [1.82, 2.24) is 0 Å². The van der Waals surface area contributed by atoms with E-state index >= 15 is 0 Å². The Morgan fingerprint density at radius 2 is 2.09 bits per heavy atom. The largest absolute Gasteiger partial charge is 0.452 e. The lowest BCUT2D eigenvalue weighted by atomic mass is 10.1. The quantitative estimate of drug-likeness (QED) is 0.455. The minimum Gasteiger partial charge on any atom is -0.452 e. The lowest BCUT2D eigenvalue weighted by molar-refractivity contribution is -0.134. The molecule has 0 N–H and O–H groups in total. The Hall–Kier alpha value is -2.40. The summed E-state index contributed by atoms with van der Waals surface area (Å²) in [5, 5.41) is 0. The van der Waals surface area contributed by atoms with Crippen molar-refractivity contribution in [3.05, 3.63) is 63.8 Å². The van der Waals surface area contributed by atoms with Gasteiger partial charge in [0.25, 0.3) is 0 Å². The van der Waals surface area contributed by atoms with Gasteiger partial charge in [-0.1, -0.05) is 35.0 Å². The summed E-state index contributed by atoms with van der Waals surface area (Å²) in [7, 11) is 0. The highest BCUT2D eigenvalue weighted by molar-refractivity contribution is 9.10. The summed E-state index contributed by atoms with van der Waals surface area (Å²) in [6.45, 7) is 1.72. The molecule has 0 aliphatic carbocycles. The first-order valence-electron chi connectivity index (χ1n) is 7.11. The average molecular weight is 373 g/mol. The number of carbonyl (C=O) groups excluding carboxylic acids is 2. The molecule has 0 fully saturated rings. The predicted octanol–water partition coefficient (Wildman–Crippen LogP) is 4.38. The Bertz CT molecular complexity index is 824. The van der Waals surface area contributed by atoms with Gasteiger partial charge in [-0.15, -0.1) is 0 Å². The number of hydrogen-bond acceptors (Lipinski definition) is 4. The minimum absolute atomic E-state index is 0.187. The van der Waals surface area contributed by atoms with Crippen molar-refractivity contribution in [2.24, 2.45) is 0 Å². The van der Waals surface area contributed by atoms with E-state index in [4.69, 9.17) is 9.47 Å². The van der Waals surface area contributed by atoms with Crippen LogP contribution in [0.5, 0.6) is 11.5 Å². The first-order valence-corrected chi connectivity index (χ1v) is 7.90. The van der Waals surface area contributed by atoms with Gasteiger partial charge < -0.3 is 9.47 Å². The van der Waals surface area contributed by atoms with Crippen LogP contribution in [0.4, 0.5) is 0 Å². The molecule has 0 unspecified atom stereocenters. The molecular weight excluding hydrogens is 360 g/mol. The monoisotopic (exact) mass is 372 g/mol. The van der Waals surface area contributed by atoms with Gasteiger partial charge in [0.05, 0.1) is 5.56 Å². The summed E-state index contributed by atoms with van der Waals surface area (Å²) >= 11 is 3.39. The Labute approximate surface area is 141 Å². The van der Waals surface area contributed by atoms with Gasteiger partial charge in [0.1, 0.15) is 11.5 Å². The molecule has 0 saturated carbocycles. The smallest absolute Gasteiger partial charge is 0.310 e. The molecule has 0 saturated heterocycles. The fourth-order valence-corrected chi connectivity index (χ4v) is 2.60. The number of rotatable bonds is 3. The predicted molar refractivity (Wildman–Crippen MR) is 89.4 cm³/mol. The van der Waals surface area contributed by atoms with E-state index < -0.39 is 0 Å². The van der Waals surface area contributed by atoms with E-state index in [1.54, 1.807) is 31.2 Å². The summed E-state index contributed by atoms with van der Waals surface area (Å²) in [6, 6.07) is 12.3. The average Bonchev–Trinajstić information content (AvgIpc) is 2.83. The fourth-order valence-electron chi connectivity index (χ4n) is 2.18. The van der Waals surface area contributed by atoms with Crippen molar-refractivity contribution < 1.29 is 19.1 Å². The molecule has 3 rings (SSSR count). The van der Waals surface area contributed by atoms with Crippen molar-refractivity contribution in [1.29, 1.82) is 0 Å². The molecule has 5 heteroatoms. The number of Topliss-reactive ketones (excluding diaryl/α,β-unsaturated/α-hetero) is 1. The standard InChI is InChI=1S/C18H13BrO4/c1-2-17(20)22-13-6-7-14-15(10-13)23-16(18(14)21)9-11-4-3-5-12(19)8-11/h3-10H,2H2,1H3/b16-9+. The Kier molecular flexibility index (Phi) is 4.30. The highest BCUT2D eigenvalue weighted by Gasteiger charge is 2.27. The molecule has 23 heavy (non-hydrogen) atoms. The van der Waals surface area contributed by atoms with Gasteiger partial charge >= 0.3 is 5.97 Å². The second-order valence-corrected chi connectivity index (χ2v) is 5.90. The van der Waals surface area contributed by atoms with Crippen LogP contribution in [0.1, 0.15) is 29.3 Å². The normalized spacial score (nSPS) is 14.5. The van der Waals surface area contributed by atoms with Crippen molar-refractivity contribution in [3.8, 4) is 11.5 Å². The van der Waals surface area contributed by atoms with Crippen LogP contribution in [-0.2, 0) is 4.79 Å². The van der Waals surface area contributed by atoms with Gasteiger partial charge in [0, 0.05) is 17.0 Å². The number of allylic oxidation sites excluding steroid dienone is 1. The summed E-state index contributed by atoms with van der Waals surface area (Å²) in [5.74, 6) is 0.495. The summed E-state index contributed by atoms with van der Waals surface area (Å²) in [4.78, 5) is 23.7. The van der Waals surface area contributed by atoms with Crippen LogP contribution in [-0.4, -0.2) is 11.8 Å². The zero-order valence-electron chi connectivity index (χ0n) is 12.3. The molecule has 0 atom stereocenters. The van der Waals surface area contributed by atoms with Gasteiger partial charge in [0.15, 0.2) is 5.76 Å². The third-order valence-corrected chi connectivity index (χ3v) is 3.80. The van der Waals surface area contributed by atoms with E-state index in [0.29, 0.717) is 17.1 Å². The van der Waals surface area contributed by atoms with Crippen LogP contribution in [0, 0.1) is 0 Å². The van der Waals surface area contributed by atoms with Gasteiger partial charge in [0.2, 0.25) is 5.78 Å². The van der Waals surface area contributed by atoms with Crippen molar-refractivity contribution >= 4 is 33.8 Å². The zero-order chi connectivity index (χ0) is 16.4. The number of carbonyl (C=O) groups is 2. The van der Waals surface area contributed by atoms with E-state index in [-0.39, 0.29) is 23.9 Å². The molecule has 0 spiro atoms. The number of ketones is 1. The lowest BCUT2D eigenvalue weighted by Gasteiger charge is -2.04. The number of ether oxygens (including phenoxy) is 2. The molecular formula is C18H13BrO4. The van der Waals surface area contributed by atoms with Crippen LogP contribution < -0.4 is 9.47 Å². The van der Waals surface area contributed by atoms with E-state index in [9.17, 15) is 9.59 Å². The number of esters is 1. The highest BCUT2D eigenvalue weighted by atomic mass is 79.9. The SMILES string of the molecule is CCC(=O)Oc1ccc2c(c1)O/C(=C/c1cccc(Br)c1)C2=O. The maximum atomic E-state index is 12.4. The van der Waals surface area contributed by atoms with Gasteiger partial charge in [-0.3, -0.25) is 9.59 Å².